The Morgan fingerprint density at radius 3 is 1.98 bits per heavy atom. The van der Waals surface area contributed by atoms with E-state index in [1.807, 2.05) is 102 Å². The first-order chi connectivity index (χ1) is 22.0. The van der Waals surface area contributed by atoms with Crippen molar-refractivity contribution in [1.29, 1.82) is 0 Å². The predicted octanol–water partition coefficient (Wildman–Crippen LogP) is 8.22. The number of benzene rings is 5. The molecule has 2 amide bonds. The molecule has 2 heterocycles. The van der Waals surface area contributed by atoms with Crippen LogP contribution in [0.25, 0.3) is 22.2 Å². The molecule has 0 unspecified atom stereocenters. The van der Waals surface area contributed by atoms with Crippen LogP contribution in [0.1, 0.15) is 43.0 Å². The average molecular weight is 595 g/mol. The van der Waals surface area contributed by atoms with Crippen LogP contribution < -0.4 is 4.74 Å². The van der Waals surface area contributed by atoms with Crippen LogP contribution in [-0.2, 0) is 19.6 Å². The van der Waals surface area contributed by atoms with Crippen molar-refractivity contribution < 1.29 is 18.7 Å². The Bertz CT molecular complexity index is 2010. The molecule has 6 aromatic rings. The Morgan fingerprint density at radius 1 is 0.667 bits per heavy atom. The van der Waals surface area contributed by atoms with E-state index in [0.717, 1.165) is 33.3 Å². The fraction of sp³-hybridized carbons (Fsp3) is 0.128. The second-order valence-corrected chi connectivity index (χ2v) is 11.4. The van der Waals surface area contributed by atoms with Gasteiger partial charge in [0.15, 0.2) is 5.82 Å². The van der Waals surface area contributed by atoms with Crippen LogP contribution in [0.15, 0.2) is 121 Å². The number of hydrogen-bond donors (Lipinski definition) is 0. The number of hydrogen-bond acceptors (Lipinski definition) is 3. The summed E-state index contributed by atoms with van der Waals surface area (Å²) in [5, 5.41) is 0.511. The van der Waals surface area contributed by atoms with Crippen molar-refractivity contribution >= 4 is 22.7 Å². The summed E-state index contributed by atoms with van der Waals surface area (Å²) in [5.74, 6) is -0.152. The van der Waals surface area contributed by atoms with Gasteiger partial charge in [-0.25, -0.2) is 4.39 Å². The molecule has 0 bridgehead atoms. The molecule has 0 saturated heterocycles. The summed E-state index contributed by atoms with van der Waals surface area (Å²) in [6, 6.07) is 38.4. The first-order valence-electron chi connectivity index (χ1n) is 15.1. The van der Waals surface area contributed by atoms with Crippen LogP contribution in [-0.4, -0.2) is 27.8 Å². The lowest BCUT2D eigenvalue weighted by Crippen LogP contribution is -2.31. The maximum atomic E-state index is 16.3. The van der Waals surface area contributed by atoms with Crippen molar-refractivity contribution in [3.05, 3.63) is 161 Å². The van der Waals surface area contributed by atoms with Crippen molar-refractivity contribution in [2.45, 2.75) is 26.5 Å². The molecule has 6 heteroatoms. The molecule has 5 nitrogen and oxygen atoms in total. The highest BCUT2D eigenvalue weighted by atomic mass is 19.1. The van der Waals surface area contributed by atoms with E-state index in [9.17, 15) is 9.59 Å². The molecule has 0 saturated carbocycles. The number of aromatic nitrogens is 1. The lowest BCUT2D eigenvalue weighted by atomic mass is 10.0. The highest BCUT2D eigenvalue weighted by molar-refractivity contribution is 6.21. The van der Waals surface area contributed by atoms with Crippen LogP contribution in [0.2, 0.25) is 0 Å². The van der Waals surface area contributed by atoms with Gasteiger partial charge in [0.25, 0.3) is 11.8 Å². The summed E-state index contributed by atoms with van der Waals surface area (Å²) >= 11 is 0. The van der Waals surface area contributed by atoms with E-state index in [2.05, 4.69) is 0 Å². The Kier molecular flexibility index (Phi) is 7.47. The van der Waals surface area contributed by atoms with Crippen LogP contribution >= 0.6 is 0 Å². The Labute approximate surface area is 261 Å². The quantitative estimate of drug-likeness (QED) is 0.159. The first-order valence-corrected chi connectivity index (χ1v) is 15.1. The topological polar surface area (TPSA) is 51.5 Å². The number of nitrogens with zero attached hydrogens (tertiary/aromatic N) is 2. The van der Waals surface area contributed by atoms with Gasteiger partial charge in [-0.1, -0.05) is 91.0 Å². The van der Waals surface area contributed by atoms with E-state index in [1.54, 1.807) is 30.3 Å². The molecular formula is C39H31FN2O3. The zero-order chi connectivity index (χ0) is 30.9. The van der Waals surface area contributed by atoms with E-state index in [-0.39, 0.29) is 17.6 Å². The maximum absolute atomic E-state index is 16.3. The third-order valence-corrected chi connectivity index (χ3v) is 8.49. The molecule has 0 N–H and O–H groups in total. The molecule has 5 aromatic carbocycles. The van der Waals surface area contributed by atoms with Crippen molar-refractivity contribution in [2.75, 3.05) is 6.54 Å². The third kappa shape index (κ3) is 5.40. The molecule has 7 rings (SSSR count). The van der Waals surface area contributed by atoms with Gasteiger partial charge in [-0.2, -0.15) is 0 Å². The van der Waals surface area contributed by atoms with Gasteiger partial charge in [0.2, 0.25) is 0 Å². The largest absolute Gasteiger partial charge is 0.489 e. The summed E-state index contributed by atoms with van der Waals surface area (Å²) in [6.07, 6.45) is 0.549. The zero-order valence-corrected chi connectivity index (χ0v) is 24.9. The number of halogens is 1. The molecule has 0 fully saturated rings. The minimum Gasteiger partial charge on any atom is -0.489 e. The average Bonchev–Trinajstić information content (AvgIpc) is 3.48. The van der Waals surface area contributed by atoms with Crippen LogP contribution in [0, 0.1) is 12.7 Å². The summed E-state index contributed by atoms with van der Waals surface area (Å²) in [6.45, 7) is 3.17. The van der Waals surface area contributed by atoms with E-state index in [0.29, 0.717) is 54.1 Å². The SMILES string of the molecule is Cc1ccccc1-c1c(F)c2cc(OCc3ccccc3)ccc2n1Cc1ccc(CCN2C(=O)c3ccccc3C2=O)cc1. The number of carbonyl (C=O) groups is 2. The molecule has 1 aliphatic heterocycles. The van der Waals surface area contributed by atoms with E-state index < -0.39 is 0 Å². The normalized spacial score (nSPS) is 12.6. The molecule has 0 spiro atoms. The van der Waals surface area contributed by atoms with E-state index in [1.165, 1.54) is 4.90 Å². The Balaban J connectivity index is 1.14. The van der Waals surface area contributed by atoms with Gasteiger partial charge >= 0.3 is 0 Å². The van der Waals surface area contributed by atoms with Gasteiger partial charge in [0, 0.05) is 24.0 Å². The molecule has 0 radical (unpaired) electrons. The second kappa shape index (κ2) is 11.9. The van der Waals surface area contributed by atoms with Crippen molar-refractivity contribution in [3.63, 3.8) is 0 Å². The number of ether oxygens (including phenoxy) is 1. The molecule has 0 aliphatic carbocycles. The number of fused-ring (bicyclic) bond motifs is 2. The van der Waals surface area contributed by atoms with Crippen LogP contribution in [0.3, 0.4) is 0 Å². The number of amides is 2. The number of carbonyl (C=O) groups excluding carboxylic acids is 2. The Morgan fingerprint density at radius 2 is 1.29 bits per heavy atom. The minimum atomic E-state index is -0.276. The number of rotatable bonds is 9. The monoisotopic (exact) mass is 594 g/mol. The summed E-state index contributed by atoms with van der Waals surface area (Å²) in [4.78, 5) is 26.8. The van der Waals surface area contributed by atoms with Gasteiger partial charge in [-0.3, -0.25) is 14.5 Å². The number of aryl methyl sites for hydroxylation is 1. The fourth-order valence-electron chi connectivity index (χ4n) is 6.07. The van der Waals surface area contributed by atoms with Gasteiger partial charge in [0.1, 0.15) is 12.4 Å². The fourth-order valence-corrected chi connectivity index (χ4v) is 6.07. The molecule has 222 valence electrons. The van der Waals surface area contributed by atoms with Gasteiger partial charge in [-0.05, 0) is 65.9 Å². The number of imide groups is 1. The lowest BCUT2D eigenvalue weighted by Gasteiger charge is -2.15. The summed E-state index contributed by atoms with van der Waals surface area (Å²) < 4.78 is 24.4. The summed E-state index contributed by atoms with van der Waals surface area (Å²) in [7, 11) is 0. The molecule has 1 aliphatic rings. The first kappa shape index (κ1) is 28.3. The highest BCUT2D eigenvalue weighted by Gasteiger charge is 2.34. The molecule has 1 aromatic heterocycles. The summed E-state index contributed by atoms with van der Waals surface area (Å²) in [5.41, 5.74) is 7.15. The zero-order valence-electron chi connectivity index (χ0n) is 24.9. The van der Waals surface area contributed by atoms with Crippen molar-refractivity contribution in [2.24, 2.45) is 0 Å². The van der Waals surface area contributed by atoms with Crippen molar-refractivity contribution in [1.82, 2.24) is 9.47 Å². The van der Waals surface area contributed by atoms with E-state index in [4.69, 9.17) is 4.74 Å². The predicted molar refractivity (Wildman–Crippen MR) is 174 cm³/mol. The molecule has 0 atom stereocenters. The highest BCUT2D eigenvalue weighted by Crippen LogP contribution is 2.36. The Hall–Kier alpha value is -5.49. The maximum Gasteiger partial charge on any atom is 0.261 e. The molecule has 45 heavy (non-hydrogen) atoms. The van der Waals surface area contributed by atoms with Crippen molar-refractivity contribution in [3.8, 4) is 17.0 Å². The second-order valence-electron chi connectivity index (χ2n) is 11.4. The van der Waals surface area contributed by atoms with Crippen LogP contribution in [0.5, 0.6) is 5.75 Å². The van der Waals surface area contributed by atoms with E-state index >= 15 is 4.39 Å². The minimum absolute atomic E-state index is 0.244. The van der Waals surface area contributed by atoms with Crippen LogP contribution in [0.4, 0.5) is 4.39 Å². The van der Waals surface area contributed by atoms with Gasteiger partial charge < -0.3 is 9.30 Å². The smallest absolute Gasteiger partial charge is 0.261 e. The van der Waals surface area contributed by atoms with Gasteiger partial charge in [0.05, 0.1) is 22.3 Å². The third-order valence-electron chi connectivity index (χ3n) is 8.49. The standard InChI is InChI=1S/C39H31FN2O3/c1-26-9-5-6-12-31(26)37-36(40)34-23-30(45-25-29-10-3-2-4-11-29)19-20-35(34)42(37)24-28-17-15-27(16-18-28)21-22-41-38(43)32-13-7-8-14-33(32)39(41)44/h2-20,23H,21-22,24-25H2,1H3. The van der Waals surface area contributed by atoms with Gasteiger partial charge in [-0.15, -0.1) is 0 Å². The lowest BCUT2D eigenvalue weighted by molar-refractivity contribution is 0.0656. The molecular weight excluding hydrogens is 563 g/mol.